The minimum absolute atomic E-state index is 0.0702. The molecule has 0 fully saturated rings. The van der Waals surface area contributed by atoms with Crippen LogP contribution in [0.5, 0.6) is 0 Å². The van der Waals surface area contributed by atoms with E-state index in [1.807, 2.05) is 13.0 Å². The van der Waals surface area contributed by atoms with Crippen molar-refractivity contribution in [3.8, 4) is 0 Å². The van der Waals surface area contributed by atoms with Crippen LogP contribution in [0, 0.1) is 5.92 Å². The summed E-state index contributed by atoms with van der Waals surface area (Å²) < 4.78 is 9.12. The third kappa shape index (κ3) is 3.22. The number of carbonyl (C=O) groups is 2. The lowest BCUT2D eigenvalue weighted by atomic mass is 9.85. The van der Waals surface area contributed by atoms with Crippen molar-refractivity contribution in [3.05, 3.63) is 23.8 Å². The van der Waals surface area contributed by atoms with Crippen molar-refractivity contribution in [3.63, 3.8) is 0 Å². The first-order chi connectivity index (χ1) is 7.54. The Bertz CT molecular complexity index is 341. The third-order valence-electron chi connectivity index (χ3n) is 2.70. The number of rotatable bonds is 3. The van der Waals surface area contributed by atoms with Gasteiger partial charge in [-0.05, 0) is 30.4 Å². The van der Waals surface area contributed by atoms with Gasteiger partial charge in [-0.25, -0.2) is 4.79 Å². The number of carbonyl (C=O) groups excluding carboxylic acids is 2. The fourth-order valence-corrected chi connectivity index (χ4v) is 1.54. The molecule has 0 aliphatic heterocycles. The molecule has 4 heteroatoms. The van der Waals surface area contributed by atoms with E-state index in [1.54, 1.807) is 0 Å². The van der Waals surface area contributed by atoms with Gasteiger partial charge in [-0.3, -0.25) is 4.79 Å². The number of ketones is 1. The van der Waals surface area contributed by atoms with Crippen LogP contribution in [0.25, 0.3) is 0 Å². The van der Waals surface area contributed by atoms with E-state index in [4.69, 9.17) is 4.74 Å². The second-order valence-corrected chi connectivity index (χ2v) is 3.85. The Labute approximate surface area is 94.9 Å². The largest absolute Gasteiger partial charge is 0.508 e. The lowest BCUT2D eigenvalue weighted by Gasteiger charge is -2.21. The van der Waals surface area contributed by atoms with Crippen LogP contribution in [0.1, 0.15) is 19.8 Å². The Kier molecular flexibility index (Phi) is 4.28. The Morgan fingerprint density at radius 2 is 2.31 bits per heavy atom. The minimum atomic E-state index is -0.727. The molecule has 4 nitrogen and oxygen atoms in total. The SMILES string of the molecule is C=C(COC(=O)OC)[C@@H]1CC=C(C)C(=O)C1. The van der Waals surface area contributed by atoms with Gasteiger partial charge in [-0.15, -0.1) is 0 Å². The topological polar surface area (TPSA) is 52.6 Å². The molecule has 1 atom stereocenters. The number of hydrogen-bond donors (Lipinski definition) is 0. The van der Waals surface area contributed by atoms with Crippen LogP contribution in [0.15, 0.2) is 23.8 Å². The molecule has 1 aliphatic carbocycles. The normalized spacial score (nSPS) is 20.0. The van der Waals surface area contributed by atoms with Crippen molar-refractivity contribution >= 4 is 11.9 Å². The molecule has 1 rings (SSSR count). The summed E-state index contributed by atoms with van der Waals surface area (Å²) in [5.74, 6) is 0.205. The van der Waals surface area contributed by atoms with Gasteiger partial charge in [0, 0.05) is 6.42 Å². The number of methoxy groups -OCH3 is 1. The van der Waals surface area contributed by atoms with Crippen LogP contribution in [0.2, 0.25) is 0 Å². The zero-order chi connectivity index (χ0) is 12.1. The molecule has 0 aromatic rings. The van der Waals surface area contributed by atoms with E-state index in [2.05, 4.69) is 11.3 Å². The van der Waals surface area contributed by atoms with Gasteiger partial charge in [0.25, 0.3) is 0 Å². The van der Waals surface area contributed by atoms with Gasteiger partial charge in [0.1, 0.15) is 6.61 Å². The average Bonchev–Trinajstić information content (AvgIpc) is 2.29. The maximum Gasteiger partial charge on any atom is 0.508 e. The lowest BCUT2D eigenvalue weighted by molar-refractivity contribution is -0.116. The quantitative estimate of drug-likeness (QED) is 0.545. The molecule has 0 saturated heterocycles. The van der Waals surface area contributed by atoms with Crippen molar-refractivity contribution in [1.82, 2.24) is 0 Å². The van der Waals surface area contributed by atoms with Crippen molar-refractivity contribution in [2.24, 2.45) is 5.92 Å². The Hall–Kier alpha value is -1.58. The summed E-state index contributed by atoms with van der Waals surface area (Å²) in [4.78, 5) is 22.2. The summed E-state index contributed by atoms with van der Waals surface area (Å²) in [6.45, 7) is 5.75. The van der Waals surface area contributed by atoms with E-state index >= 15 is 0 Å². The molecule has 0 radical (unpaired) electrons. The molecule has 0 spiro atoms. The van der Waals surface area contributed by atoms with E-state index < -0.39 is 6.16 Å². The van der Waals surface area contributed by atoms with Crippen molar-refractivity contribution in [2.45, 2.75) is 19.8 Å². The van der Waals surface area contributed by atoms with E-state index in [0.717, 1.165) is 17.6 Å². The Balaban J connectivity index is 2.44. The summed E-state index contributed by atoms with van der Waals surface area (Å²) >= 11 is 0. The van der Waals surface area contributed by atoms with Gasteiger partial charge in [0.05, 0.1) is 7.11 Å². The molecule has 1 aliphatic rings. The molecule has 0 heterocycles. The molecule has 0 saturated carbocycles. The van der Waals surface area contributed by atoms with Crippen LogP contribution < -0.4 is 0 Å². The molecular formula is C12H16O4. The van der Waals surface area contributed by atoms with E-state index in [0.29, 0.717) is 6.42 Å². The molecular weight excluding hydrogens is 208 g/mol. The molecule has 0 bridgehead atoms. The molecule has 0 aromatic heterocycles. The average molecular weight is 224 g/mol. The van der Waals surface area contributed by atoms with Crippen LogP contribution in [-0.4, -0.2) is 25.7 Å². The van der Waals surface area contributed by atoms with Gasteiger partial charge in [-0.2, -0.15) is 0 Å². The van der Waals surface area contributed by atoms with Crippen LogP contribution >= 0.6 is 0 Å². The van der Waals surface area contributed by atoms with Crippen molar-refractivity contribution in [2.75, 3.05) is 13.7 Å². The van der Waals surface area contributed by atoms with Crippen LogP contribution in [-0.2, 0) is 14.3 Å². The predicted octanol–water partition coefficient (Wildman–Crippen LogP) is 2.25. The fourth-order valence-electron chi connectivity index (χ4n) is 1.54. The molecule has 0 aromatic carbocycles. The molecule has 88 valence electrons. The Morgan fingerprint density at radius 3 is 2.88 bits per heavy atom. The monoisotopic (exact) mass is 224 g/mol. The fraction of sp³-hybridized carbons (Fsp3) is 0.500. The second kappa shape index (κ2) is 5.49. The van der Waals surface area contributed by atoms with E-state index in [1.165, 1.54) is 7.11 Å². The summed E-state index contributed by atoms with van der Waals surface area (Å²) in [6.07, 6.45) is 2.40. The highest BCUT2D eigenvalue weighted by Gasteiger charge is 2.22. The van der Waals surface area contributed by atoms with Gasteiger partial charge in [0.2, 0.25) is 0 Å². The number of allylic oxidation sites excluding steroid dienone is 2. The van der Waals surface area contributed by atoms with Gasteiger partial charge in [0.15, 0.2) is 5.78 Å². The van der Waals surface area contributed by atoms with Crippen LogP contribution in [0.4, 0.5) is 4.79 Å². The van der Waals surface area contributed by atoms with E-state index in [-0.39, 0.29) is 18.3 Å². The number of hydrogen-bond acceptors (Lipinski definition) is 4. The van der Waals surface area contributed by atoms with Gasteiger partial charge < -0.3 is 9.47 Å². The van der Waals surface area contributed by atoms with Gasteiger partial charge >= 0.3 is 6.16 Å². The summed E-state index contributed by atoms with van der Waals surface area (Å²) in [6, 6.07) is 0. The number of Topliss-reactive ketones (excluding diaryl/α,β-unsaturated/α-hetero) is 1. The molecule has 0 N–H and O–H groups in total. The molecule has 16 heavy (non-hydrogen) atoms. The first kappa shape index (κ1) is 12.5. The maximum atomic E-state index is 11.5. The standard InChI is InChI=1S/C12H16O4/c1-8-4-5-10(6-11(8)13)9(2)7-16-12(14)15-3/h4,10H,2,5-7H2,1,3H3/t10-/m1/s1. The first-order valence-corrected chi connectivity index (χ1v) is 5.13. The minimum Gasteiger partial charge on any atom is -0.438 e. The summed E-state index contributed by atoms with van der Waals surface area (Å²) in [5, 5.41) is 0. The maximum absolute atomic E-state index is 11.5. The smallest absolute Gasteiger partial charge is 0.438 e. The van der Waals surface area contributed by atoms with Crippen molar-refractivity contribution in [1.29, 1.82) is 0 Å². The predicted molar refractivity (Wildman–Crippen MR) is 59.0 cm³/mol. The second-order valence-electron chi connectivity index (χ2n) is 3.85. The third-order valence-corrected chi connectivity index (χ3v) is 2.70. The van der Waals surface area contributed by atoms with Gasteiger partial charge in [-0.1, -0.05) is 12.7 Å². The van der Waals surface area contributed by atoms with Crippen molar-refractivity contribution < 1.29 is 19.1 Å². The number of ether oxygens (including phenoxy) is 2. The summed E-state index contributed by atoms with van der Waals surface area (Å²) in [5.41, 5.74) is 1.56. The van der Waals surface area contributed by atoms with Crippen LogP contribution in [0.3, 0.4) is 0 Å². The zero-order valence-electron chi connectivity index (χ0n) is 9.62. The highest BCUT2D eigenvalue weighted by molar-refractivity contribution is 5.95. The molecule has 0 amide bonds. The van der Waals surface area contributed by atoms with E-state index in [9.17, 15) is 9.59 Å². The lowest BCUT2D eigenvalue weighted by Crippen LogP contribution is -2.19. The zero-order valence-corrected chi connectivity index (χ0v) is 9.62. The Morgan fingerprint density at radius 1 is 1.62 bits per heavy atom. The highest BCUT2D eigenvalue weighted by atomic mass is 16.7. The molecule has 0 unspecified atom stereocenters. The first-order valence-electron chi connectivity index (χ1n) is 5.13. The summed E-state index contributed by atoms with van der Waals surface area (Å²) in [7, 11) is 1.25. The highest BCUT2D eigenvalue weighted by Crippen LogP contribution is 2.26.